The summed E-state index contributed by atoms with van der Waals surface area (Å²) in [7, 11) is -4.30. The third kappa shape index (κ3) is 6.23. The van der Waals surface area contributed by atoms with E-state index in [2.05, 4.69) is 15.4 Å². The van der Waals surface area contributed by atoms with Gasteiger partial charge in [0.2, 0.25) is 21.8 Å². The first kappa shape index (κ1) is 24.4. The molecule has 1 atom stereocenters. The van der Waals surface area contributed by atoms with Gasteiger partial charge in [0, 0.05) is 24.5 Å². The molecule has 2 amide bonds. The summed E-state index contributed by atoms with van der Waals surface area (Å²) in [4.78, 5) is 26.2. The monoisotopic (exact) mass is 496 g/mol. The smallest absolute Gasteiger partial charge is 0.244 e. The van der Waals surface area contributed by atoms with Crippen LogP contribution in [0.3, 0.4) is 0 Å². The second-order valence-electron chi connectivity index (χ2n) is 8.10. The number of hydrogen-bond donors (Lipinski definition) is 3. The normalized spacial score (nSPS) is 14.8. The maximum absolute atomic E-state index is 14.2. The lowest BCUT2D eigenvalue weighted by molar-refractivity contribution is -0.120. The Balaban J connectivity index is 1.52. The molecule has 3 aromatic rings. The van der Waals surface area contributed by atoms with Crippen molar-refractivity contribution in [2.75, 3.05) is 29.9 Å². The molecule has 10 heteroatoms. The van der Waals surface area contributed by atoms with Crippen LogP contribution in [0, 0.1) is 5.82 Å². The number of hydrogen-bond acceptors (Lipinski definition) is 5. The summed E-state index contributed by atoms with van der Waals surface area (Å²) in [5.74, 6) is -1.54. The van der Waals surface area contributed by atoms with Gasteiger partial charge in [-0.1, -0.05) is 42.5 Å². The first-order valence-corrected chi connectivity index (χ1v) is 12.5. The lowest BCUT2D eigenvalue weighted by atomic mass is 10.1. The van der Waals surface area contributed by atoms with Crippen LogP contribution in [0.1, 0.15) is 5.56 Å². The number of nitrogens with zero attached hydrogens (tertiary/aromatic N) is 1. The lowest BCUT2D eigenvalue weighted by Gasteiger charge is -2.28. The molecule has 3 aromatic carbocycles. The van der Waals surface area contributed by atoms with E-state index in [1.54, 1.807) is 48.5 Å². The molecule has 1 unspecified atom stereocenters. The molecule has 35 heavy (non-hydrogen) atoms. The molecule has 1 heterocycles. The van der Waals surface area contributed by atoms with Crippen molar-refractivity contribution in [3.8, 4) is 0 Å². The Morgan fingerprint density at radius 1 is 1.00 bits per heavy atom. The fourth-order valence-corrected chi connectivity index (χ4v) is 5.07. The summed E-state index contributed by atoms with van der Waals surface area (Å²) >= 11 is 0. The van der Waals surface area contributed by atoms with Gasteiger partial charge < -0.3 is 15.5 Å². The number of carbonyl (C=O) groups is 2. The standard InChI is InChI=1S/C25H25FN4O4S/c26-21-8-4-5-9-23(21)35(33,34)29-22(16-18-6-2-1-3-7-18)25(32)28-19-10-12-20(13-11-19)30-15-14-27-24(31)17-30/h1-13,22,29H,14-17H2,(H,27,31)(H,28,32). The van der Waals surface area contributed by atoms with E-state index in [1.165, 1.54) is 12.1 Å². The highest BCUT2D eigenvalue weighted by molar-refractivity contribution is 7.89. The van der Waals surface area contributed by atoms with Crippen LogP contribution in [0.15, 0.2) is 83.8 Å². The molecule has 0 radical (unpaired) electrons. The molecular formula is C25H25FN4O4S. The molecule has 1 saturated heterocycles. The molecule has 182 valence electrons. The van der Waals surface area contributed by atoms with Crippen molar-refractivity contribution >= 4 is 33.2 Å². The van der Waals surface area contributed by atoms with Crippen LogP contribution in [0.5, 0.6) is 0 Å². The summed E-state index contributed by atoms with van der Waals surface area (Å²) in [5.41, 5.74) is 2.03. The summed E-state index contributed by atoms with van der Waals surface area (Å²) in [6, 6.07) is 19.7. The third-order valence-corrected chi connectivity index (χ3v) is 7.07. The van der Waals surface area contributed by atoms with Gasteiger partial charge in [-0.3, -0.25) is 9.59 Å². The molecule has 3 N–H and O–H groups in total. The number of sulfonamides is 1. The lowest BCUT2D eigenvalue weighted by Crippen LogP contribution is -2.47. The van der Waals surface area contributed by atoms with E-state index < -0.39 is 32.7 Å². The van der Waals surface area contributed by atoms with Gasteiger partial charge >= 0.3 is 0 Å². The topological polar surface area (TPSA) is 108 Å². The van der Waals surface area contributed by atoms with Crippen molar-refractivity contribution < 1.29 is 22.4 Å². The minimum Gasteiger partial charge on any atom is -0.360 e. The van der Waals surface area contributed by atoms with Crippen LogP contribution in [0.25, 0.3) is 0 Å². The van der Waals surface area contributed by atoms with E-state index in [9.17, 15) is 22.4 Å². The number of anilines is 2. The predicted octanol–water partition coefficient (Wildman–Crippen LogP) is 2.29. The second kappa shape index (κ2) is 10.7. The van der Waals surface area contributed by atoms with Gasteiger partial charge in [-0.05, 0) is 48.4 Å². The number of rotatable bonds is 8. The number of benzene rings is 3. The fourth-order valence-electron chi connectivity index (χ4n) is 3.80. The Morgan fingerprint density at radius 2 is 1.69 bits per heavy atom. The van der Waals surface area contributed by atoms with Crippen molar-refractivity contribution in [3.05, 3.63) is 90.2 Å². The predicted molar refractivity (Wildman–Crippen MR) is 131 cm³/mol. The molecule has 4 rings (SSSR count). The van der Waals surface area contributed by atoms with Gasteiger partial charge in [0.25, 0.3) is 0 Å². The van der Waals surface area contributed by atoms with Gasteiger partial charge in [0.15, 0.2) is 0 Å². The molecule has 0 bridgehead atoms. The first-order chi connectivity index (χ1) is 16.8. The number of halogens is 1. The first-order valence-electron chi connectivity index (χ1n) is 11.1. The number of amides is 2. The van der Waals surface area contributed by atoms with Crippen molar-refractivity contribution in [1.29, 1.82) is 0 Å². The highest BCUT2D eigenvalue weighted by Crippen LogP contribution is 2.20. The molecule has 1 aliphatic rings. The van der Waals surface area contributed by atoms with Crippen LogP contribution < -0.4 is 20.3 Å². The summed E-state index contributed by atoms with van der Waals surface area (Å²) in [5, 5.41) is 5.50. The van der Waals surface area contributed by atoms with Crippen molar-refractivity contribution in [2.45, 2.75) is 17.4 Å². The Hall–Kier alpha value is -3.76. The van der Waals surface area contributed by atoms with Crippen LogP contribution in [-0.4, -0.2) is 45.9 Å². The van der Waals surface area contributed by atoms with E-state index >= 15 is 0 Å². The maximum Gasteiger partial charge on any atom is 0.244 e. The van der Waals surface area contributed by atoms with E-state index in [1.807, 2.05) is 11.0 Å². The van der Waals surface area contributed by atoms with Crippen LogP contribution in [0.4, 0.5) is 15.8 Å². The number of nitrogens with one attached hydrogen (secondary N) is 3. The Kier molecular flexibility index (Phi) is 7.42. The molecule has 8 nitrogen and oxygen atoms in total. The molecule has 0 aromatic heterocycles. The zero-order chi connectivity index (χ0) is 24.8. The van der Waals surface area contributed by atoms with Gasteiger partial charge in [0.05, 0.1) is 6.54 Å². The van der Waals surface area contributed by atoms with E-state index in [-0.39, 0.29) is 18.9 Å². The van der Waals surface area contributed by atoms with E-state index in [0.29, 0.717) is 18.8 Å². The Labute approximate surface area is 203 Å². The number of carbonyl (C=O) groups excluding carboxylic acids is 2. The van der Waals surface area contributed by atoms with Gasteiger partial charge in [-0.25, -0.2) is 12.8 Å². The van der Waals surface area contributed by atoms with Gasteiger partial charge in [-0.2, -0.15) is 4.72 Å². The van der Waals surface area contributed by atoms with E-state index in [0.717, 1.165) is 23.4 Å². The van der Waals surface area contributed by atoms with Crippen LogP contribution in [0.2, 0.25) is 0 Å². The summed E-state index contributed by atoms with van der Waals surface area (Å²) in [6.45, 7) is 1.48. The zero-order valence-electron chi connectivity index (χ0n) is 18.8. The summed E-state index contributed by atoms with van der Waals surface area (Å²) in [6.07, 6.45) is 0.0708. The molecule has 1 fully saturated rings. The number of piperazine rings is 1. The minimum absolute atomic E-state index is 0.0560. The SMILES string of the molecule is O=C1CN(c2ccc(NC(=O)C(Cc3ccccc3)NS(=O)(=O)c3ccccc3F)cc2)CCN1. The van der Waals surface area contributed by atoms with Crippen LogP contribution in [-0.2, 0) is 26.0 Å². The van der Waals surface area contributed by atoms with Gasteiger partial charge in [0.1, 0.15) is 16.8 Å². The molecule has 0 saturated carbocycles. The zero-order valence-corrected chi connectivity index (χ0v) is 19.6. The quantitative estimate of drug-likeness (QED) is 0.444. The maximum atomic E-state index is 14.2. The summed E-state index contributed by atoms with van der Waals surface area (Å²) < 4.78 is 42.3. The average Bonchev–Trinajstić information content (AvgIpc) is 2.85. The fraction of sp³-hybridized carbons (Fsp3) is 0.200. The van der Waals surface area contributed by atoms with Crippen molar-refractivity contribution in [2.24, 2.45) is 0 Å². The van der Waals surface area contributed by atoms with Gasteiger partial charge in [-0.15, -0.1) is 0 Å². The molecule has 1 aliphatic heterocycles. The average molecular weight is 497 g/mol. The Bertz CT molecular complexity index is 1300. The second-order valence-corrected chi connectivity index (χ2v) is 9.78. The molecule has 0 aliphatic carbocycles. The van der Waals surface area contributed by atoms with Crippen molar-refractivity contribution in [1.82, 2.24) is 10.0 Å². The largest absolute Gasteiger partial charge is 0.360 e. The highest BCUT2D eigenvalue weighted by Gasteiger charge is 2.28. The third-order valence-electron chi connectivity index (χ3n) is 5.56. The highest BCUT2D eigenvalue weighted by atomic mass is 32.2. The minimum atomic E-state index is -4.30. The Morgan fingerprint density at radius 3 is 2.37 bits per heavy atom. The molecular weight excluding hydrogens is 471 g/mol. The van der Waals surface area contributed by atoms with E-state index in [4.69, 9.17) is 0 Å². The van der Waals surface area contributed by atoms with Crippen LogP contribution >= 0.6 is 0 Å². The molecule has 0 spiro atoms. The van der Waals surface area contributed by atoms with Crippen molar-refractivity contribution in [3.63, 3.8) is 0 Å².